The van der Waals surface area contributed by atoms with Crippen LogP contribution in [0.1, 0.15) is 38.7 Å². The fourth-order valence-corrected chi connectivity index (χ4v) is 4.06. The molecule has 1 aliphatic carbocycles. The lowest BCUT2D eigenvalue weighted by atomic mass is 9.58. The number of piperidine rings is 1. The van der Waals surface area contributed by atoms with Crippen LogP contribution >= 0.6 is 0 Å². The van der Waals surface area contributed by atoms with Crippen molar-refractivity contribution < 1.29 is 24.2 Å². The summed E-state index contributed by atoms with van der Waals surface area (Å²) in [6.07, 6.45) is 1.10. The van der Waals surface area contributed by atoms with Crippen molar-refractivity contribution in [3.05, 3.63) is 35.9 Å². The molecule has 152 valence electrons. The average Bonchev–Trinajstić information content (AvgIpc) is 2.69. The second kappa shape index (κ2) is 8.20. The molecule has 1 aromatic carbocycles. The minimum atomic E-state index is -0.783. The summed E-state index contributed by atoms with van der Waals surface area (Å²) in [5, 5.41) is 12.0. The standard InChI is InChI=1S/C21H28N2O5/c1-21(2)16(18(24)23-10-8-15(9-11-23)19(25)26)12-17(21)22-20(27)28-13-14-6-4-3-5-7-14/h3-7,15-17H,8-13H2,1-2H3,(H,22,27)(H,25,26)/t16-,17-/m0/s1. The number of nitrogens with zero attached hydrogens (tertiary/aromatic N) is 1. The largest absolute Gasteiger partial charge is 0.481 e. The molecule has 3 rings (SSSR count). The van der Waals surface area contributed by atoms with E-state index in [2.05, 4.69) is 5.32 Å². The van der Waals surface area contributed by atoms with Gasteiger partial charge in [0.05, 0.1) is 5.92 Å². The van der Waals surface area contributed by atoms with E-state index in [1.165, 1.54) is 0 Å². The van der Waals surface area contributed by atoms with Crippen molar-refractivity contribution in [3.8, 4) is 0 Å². The molecule has 2 N–H and O–H groups in total. The van der Waals surface area contributed by atoms with Crippen molar-refractivity contribution in [2.45, 2.75) is 45.8 Å². The Labute approximate surface area is 165 Å². The molecule has 2 atom stereocenters. The number of amides is 2. The quantitative estimate of drug-likeness (QED) is 0.808. The Hall–Kier alpha value is -2.57. The van der Waals surface area contributed by atoms with E-state index in [-0.39, 0.29) is 35.8 Å². The van der Waals surface area contributed by atoms with Crippen LogP contribution < -0.4 is 5.32 Å². The highest BCUT2D eigenvalue weighted by Gasteiger charge is 2.53. The van der Waals surface area contributed by atoms with Crippen molar-refractivity contribution in [1.82, 2.24) is 10.2 Å². The average molecular weight is 388 g/mol. The molecule has 0 bridgehead atoms. The number of ether oxygens (including phenoxy) is 1. The zero-order valence-electron chi connectivity index (χ0n) is 16.4. The minimum absolute atomic E-state index is 0.0598. The Morgan fingerprint density at radius 1 is 1.18 bits per heavy atom. The van der Waals surface area contributed by atoms with Gasteiger partial charge in [-0.25, -0.2) is 4.79 Å². The predicted molar refractivity (Wildman–Crippen MR) is 102 cm³/mol. The molecule has 0 radical (unpaired) electrons. The van der Waals surface area contributed by atoms with E-state index in [9.17, 15) is 14.4 Å². The highest BCUT2D eigenvalue weighted by Crippen LogP contribution is 2.47. The van der Waals surface area contributed by atoms with Gasteiger partial charge in [0.25, 0.3) is 0 Å². The van der Waals surface area contributed by atoms with Gasteiger partial charge in [0.1, 0.15) is 6.61 Å². The number of hydrogen-bond acceptors (Lipinski definition) is 4. The molecule has 0 aromatic heterocycles. The first kappa shape index (κ1) is 20.2. The van der Waals surface area contributed by atoms with E-state index in [0.717, 1.165) is 5.56 Å². The lowest BCUT2D eigenvalue weighted by molar-refractivity contribution is -0.153. The van der Waals surface area contributed by atoms with Gasteiger partial charge in [-0.15, -0.1) is 0 Å². The Kier molecular flexibility index (Phi) is 5.91. The summed E-state index contributed by atoms with van der Waals surface area (Å²) in [4.78, 5) is 37.8. The summed E-state index contributed by atoms with van der Waals surface area (Å²) >= 11 is 0. The van der Waals surface area contributed by atoms with Gasteiger partial charge in [0.2, 0.25) is 5.91 Å². The number of carboxylic acid groups (broad SMARTS) is 1. The fraction of sp³-hybridized carbons (Fsp3) is 0.571. The summed E-state index contributed by atoms with van der Waals surface area (Å²) in [5.41, 5.74) is 0.551. The van der Waals surface area contributed by atoms with Gasteiger partial charge in [-0.1, -0.05) is 44.2 Å². The lowest BCUT2D eigenvalue weighted by Gasteiger charge is -2.52. The second-order valence-corrected chi connectivity index (χ2v) is 8.31. The molecule has 1 saturated heterocycles. The molecule has 2 fully saturated rings. The molecule has 1 aromatic rings. The Morgan fingerprint density at radius 3 is 2.39 bits per heavy atom. The normalized spacial score (nSPS) is 24.1. The lowest BCUT2D eigenvalue weighted by Crippen LogP contribution is -2.63. The molecule has 1 aliphatic heterocycles. The summed E-state index contributed by atoms with van der Waals surface area (Å²) < 4.78 is 5.27. The van der Waals surface area contributed by atoms with Crippen LogP contribution in [0.25, 0.3) is 0 Å². The SMILES string of the molecule is CC1(C)[C@@H](NC(=O)OCc2ccccc2)C[C@H]1C(=O)N1CCC(C(=O)O)CC1. The van der Waals surface area contributed by atoms with Crippen molar-refractivity contribution in [2.75, 3.05) is 13.1 Å². The van der Waals surface area contributed by atoms with E-state index in [1.54, 1.807) is 4.90 Å². The second-order valence-electron chi connectivity index (χ2n) is 8.31. The van der Waals surface area contributed by atoms with Gasteiger partial charge in [-0.05, 0) is 30.2 Å². The number of aliphatic carboxylic acids is 1. The number of likely N-dealkylation sites (tertiary alicyclic amines) is 1. The van der Waals surface area contributed by atoms with E-state index in [0.29, 0.717) is 32.4 Å². The van der Waals surface area contributed by atoms with Gasteiger partial charge in [-0.2, -0.15) is 0 Å². The molecule has 28 heavy (non-hydrogen) atoms. The maximum absolute atomic E-state index is 12.8. The molecule has 1 heterocycles. The molecular weight excluding hydrogens is 360 g/mol. The van der Waals surface area contributed by atoms with Crippen LogP contribution in [0.2, 0.25) is 0 Å². The number of alkyl carbamates (subject to hydrolysis) is 1. The molecule has 7 heteroatoms. The van der Waals surface area contributed by atoms with Crippen molar-refractivity contribution in [3.63, 3.8) is 0 Å². The topological polar surface area (TPSA) is 95.9 Å². The van der Waals surface area contributed by atoms with Crippen LogP contribution in [0.3, 0.4) is 0 Å². The van der Waals surface area contributed by atoms with Crippen LogP contribution in [-0.4, -0.2) is 47.1 Å². The van der Waals surface area contributed by atoms with Gasteiger partial charge in [-0.3, -0.25) is 9.59 Å². The first-order chi connectivity index (χ1) is 13.3. The van der Waals surface area contributed by atoms with Gasteiger partial charge in [0.15, 0.2) is 0 Å². The number of nitrogens with one attached hydrogen (secondary N) is 1. The van der Waals surface area contributed by atoms with E-state index >= 15 is 0 Å². The van der Waals surface area contributed by atoms with Crippen molar-refractivity contribution >= 4 is 18.0 Å². The van der Waals surface area contributed by atoms with E-state index < -0.39 is 12.1 Å². The van der Waals surface area contributed by atoms with E-state index in [4.69, 9.17) is 9.84 Å². The maximum Gasteiger partial charge on any atom is 0.407 e. The molecule has 1 saturated carbocycles. The molecule has 0 spiro atoms. The third kappa shape index (κ3) is 4.29. The number of carboxylic acids is 1. The first-order valence-corrected chi connectivity index (χ1v) is 9.78. The highest BCUT2D eigenvalue weighted by atomic mass is 16.5. The monoisotopic (exact) mass is 388 g/mol. The van der Waals surface area contributed by atoms with Crippen LogP contribution in [0.15, 0.2) is 30.3 Å². The summed E-state index contributed by atoms with van der Waals surface area (Å²) in [6.45, 7) is 5.14. The Bertz CT molecular complexity index is 726. The van der Waals surface area contributed by atoms with Gasteiger partial charge in [0, 0.05) is 25.0 Å². The van der Waals surface area contributed by atoms with Crippen LogP contribution in [-0.2, 0) is 20.9 Å². The predicted octanol–water partition coefficient (Wildman–Crippen LogP) is 2.65. The van der Waals surface area contributed by atoms with E-state index in [1.807, 2.05) is 44.2 Å². The first-order valence-electron chi connectivity index (χ1n) is 9.78. The number of benzene rings is 1. The van der Waals surface area contributed by atoms with Crippen LogP contribution in [0.5, 0.6) is 0 Å². The van der Waals surface area contributed by atoms with Crippen LogP contribution in [0, 0.1) is 17.3 Å². The number of carbonyl (C=O) groups excluding carboxylic acids is 2. The summed E-state index contributed by atoms with van der Waals surface area (Å²) in [7, 11) is 0. The Balaban J connectivity index is 1.46. The number of hydrogen-bond donors (Lipinski definition) is 2. The van der Waals surface area contributed by atoms with Crippen molar-refractivity contribution in [1.29, 1.82) is 0 Å². The molecular formula is C21H28N2O5. The Morgan fingerprint density at radius 2 is 1.82 bits per heavy atom. The molecule has 0 unspecified atom stereocenters. The maximum atomic E-state index is 12.8. The van der Waals surface area contributed by atoms with Crippen molar-refractivity contribution in [2.24, 2.45) is 17.3 Å². The molecule has 2 aliphatic rings. The smallest absolute Gasteiger partial charge is 0.407 e. The molecule has 2 amide bonds. The van der Waals surface area contributed by atoms with Crippen LogP contribution in [0.4, 0.5) is 4.79 Å². The molecule has 7 nitrogen and oxygen atoms in total. The minimum Gasteiger partial charge on any atom is -0.481 e. The summed E-state index contributed by atoms with van der Waals surface area (Å²) in [6, 6.07) is 9.34. The third-order valence-corrected chi connectivity index (χ3v) is 6.23. The zero-order chi connectivity index (χ0) is 20.3. The third-order valence-electron chi connectivity index (χ3n) is 6.23. The number of rotatable bonds is 5. The van der Waals surface area contributed by atoms with Gasteiger partial charge >= 0.3 is 12.1 Å². The highest BCUT2D eigenvalue weighted by molar-refractivity contribution is 5.82. The summed E-state index contributed by atoms with van der Waals surface area (Å²) in [5.74, 6) is -1.25. The fourth-order valence-electron chi connectivity index (χ4n) is 4.06. The van der Waals surface area contributed by atoms with Gasteiger partial charge < -0.3 is 20.1 Å². The number of carbonyl (C=O) groups is 3. The zero-order valence-corrected chi connectivity index (χ0v) is 16.4.